The molecule has 4 atom stereocenters. The molecule has 1 amide bonds. The van der Waals surface area contributed by atoms with E-state index in [1.165, 1.54) is 14.1 Å². The summed E-state index contributed by atoms with van der Waals surface area (Å²) in [6, 6.07) is 0. The van der Waals surface area contributed by atoms with Crippen molar-refractivity contribution in [3.8, 4) is 0 Å². The summed E-state index contributed by atoms with van der Waals surface area (Å²) in [4.78, 5) is 12.2. The lowest BCUT2D eigenvalue weighted by atomic mass is 10.0. The first kappa shape index (κ1) is 14.3. The van der Waals surface area contributed by atoms with Crippen molar-refractivity contribution in [1.29, 1.82) is 0 Å². The molecule has 5 N–H and O–H groups in total. The molecule has 0 aliphatic rings. The Labute approximate surface area is 87.2 Å². The Kier molecular flexibility index (Phi) is 5.69. The number of carbonyl (C=O) groups excluding carboxylic acids is 1. The Morgan fingerprint density at radius 2 is 1.60 bits per heavy atom. The van der Waals surface area contributed by atoms with Gasteiger partial charge in [-0.3, -0.25) is 4.79 Å². The molecule has 0 saturated carbocycles. The number of nitrogens with zero attached hydrogens (tertiary/aromatic N) is 1. The maximum absolute atomic E-state index is 11.2. The summed E-state index contributed by atoms with van der Waals surface area (Å²) in [5.41, 5.74) is 0. The molecule has 0 aliphatic carbocycles. The fourth-order valence-corrected chi connectivity index (χ4v) is 0.933. The molecular weight excluding hydrogens is 206 g/mol. The quantitative estimate of drug-likeness (QED) is 0.330. The summed E-state index contributed by atoms with van der Waals surface area (Å²) in [5.74, 6) is -0.799. The number of rotatable bonds is 5. The van der Waals surface area contributed by atoms with E-state index in [9.17, 15) is 20.1 Å². The third-order valence-corrected chi connectivity index (χ3v) is 1.95. The summed E-state index contributed by atoms with van der Waals surface area (Å²) in [7, 11) is 2.74. The van der Waals surface area contributed by atoms with E-state index in [1.807, 2.05) is 0 Å². The highest BCUT2D eigenvalue weighted by atomic mass is 16.4. The molecule has 0 aliphatic heterocycles. The summed E-state index contributed by atoms with van der Waals surface area (Å²) in [5, 5.41) is 45.2. The van der Waals surface area contributed by atoms with Crippen molar-refractivity contribution in [1.82, 2.24) is 4.90 Å². The van der Waals surface area contributed by atoms with Crippen LogP contribution in [0.2, 0.25) is 0 Å². The van der Waals surface area contributed by atoms with Crippen LogP contribution in [-0.2, 0) is 4.79 Å². The number of amides is 1. The zero-order valence-corrected chi connectivity index (χ0v) is 8.61. The normalized spacial score (nSPS) is 19.1. The van der Waals surface area contributed by atoms with Crippen molar-refractivity contribution >= 4 is 5.91 Å². The van der Waals surface area contributed by atoms with Gasteiger partial charge in [0.15, 0.2) is 6.10 Å². The van der Waals surface area contributed by atoms with Crippen LogP contribution in [0.25, 0.3) is 0 Å². The average Bonchev–Trinajstić information content (AvgIpc) is 2.23. The van der Waals surface area contributed by atoms with Crippen LogP contribution < -0.4 is 0 Å². The number of aliphatic hydroxyl groups is 5. The first-order chi connectivity index (χ1) is 6.82. The molecular formula is C8H17NO6. The molecule has 0 aromatic rings. The number of likely N-dealkylation sites (N-methyl/N-ethyl adjacent to an activating group) is 1. The van der Waals surface area contributed by atoms with Gasteiger partial charge in [0.05, 0.1) is 6.61 Å². The first-order valence-electron chi connectivity index (χ1n) is 4.37. The Bertz CT molecular complexity index is 209. The van der Waals surface area contributed by atoms with Crippen molar-refractivity contribution in [3.63, 3.8) is 0 Å². The monoisotopic (exact) mass is 223 g/mol. The Balaban J connectivity index is 4.43. The van der Waals surface area contributed by atoms with Gasteiger partial charge < -0.3 is 30.4 Å². The fourth-order valence-electron chi connectivity index (χ4n) is 0.933. The summed E-state index contributed by atoms with van der Waals surface area (Å²) >= 11 is 0. The fraction of sp³-hybridized carbons (Fsp3) is 0.875. The van der Waals surface area contributed by atoms with Crippen LogP contribution in [0.3, 0.4) is 0 Å². The van der Waals surface area contributed by atoms with E-state index < -0.39 is 36.9 Å². The highest BCUT2D eigenvalue weighted by molar-refractivity contribution is 5.80. The molecule has 7 heteroatoms. The predicted octanol–water partition coefficient (Wildman–Crippen LogP) is -3.49. The van der Waals surface area contributed by atoms with Crippen LogP contribution >= 0.6 is 0 Å². The van der Waals surface area contributed by atoms with Crippen LogP contribution in [0, 0.1) is 0 Å². The minimum absolute atomic E-state index is 0.777. The smallest absolute Gasteiger partial charge is 0.253 e. The third-order valence-electron chi connectivity index (χ3n) is 1.95. The topological polar surface area (TPSA) is 121 Å². The van der Waals surface area contributed by atoms with E-state index in [-0.39, 0.29) is 0 Å². The zero-order chi connectivity index (χ0) is 12.2. The molecule has 15 heavy (non-hydrogen) atoms. The van der Waals surface area contributed by atoms with Gasteiger partial charge in [-0.2, -0.15) is 0 Å². The van der Waals surface area contributed by atoms with Gasteiger partial charge >= 0.3 is 0 Å². The minimum atomic E-state index is -1.85. The van der Waals surface area contributed by atoms with E-state index in [2.05, 4.69) is 0 Å². The summed E-state index contributed by atoms with van der Waals surface area (Å²) in [6.45, 7) is -0.777. The van der Waals surface area contributed by atoms with Crippen molar-refractivity contribution in [2.45, 2.75) is 24.4 Å². The maximum Gasteiger partial charge on any atom is 0.253 e. The molecule has 0 bridgehead atoms. The number of aliphatic hydroxyl groups excluding tert-OH is 5. The second-order valence-corrected chi connectivity index (χ2v) is 3.41. The minimum Gasteiger partial charge on any atom is -0.394 e. The molecule has 7 nitrogen and oxygen atoms in total. The van der Waals surface area contributed by atoms with Gasteiger partial charge in [-0.25, -0.2) is 0 Å². The number of hydrogen-bond acceptors (Lipinski definition) is 6. The van der Waals surface area contributed by atoms with Gasteiger partial charge in [0.2, 0.25) is 0 Å². The van der Waals surface area contributed by atoms with Gasteiger partial charge in [0.25, 0.3) is 5.91 Å². The molecule has 0 spiro atoms. The number of hydrogen-bond donors (Lipinski definition) is 5. The maximum atomic E-state index is 11.2. The number of carbonyl (C=O) groups is 1. The highest BCUT2D eigenvalue weighted by Gasteiger charge is 2.34. The van der Waals surface area contributed by atoms with Gasteiger partial charge in [-0.05, 0) is 0 Å². The van der Waals surface area contributed by atoms with Crippen LogP contribution in [0.5, 0.6) is 0 Å². The molecule has 0 heterocycles. The molecule has 0 fully saturated rings. The van der Waals surface area contributed by atoms with Crippen LogP contribution in [0.4, 0.5) is 0 Å². The Morgan fingerprint density at radius 1 is 1.13 bits per heavy atom. The van der Waals surface area contributed by atoms with Crippen molar-refractivity contribution < 1.29 is 30.3 Å². The van der Waals surface area contributed by atoms with Gasteiger partial charge in [0.1, 0.15) is 18.3 Å². The molecule has 0 aromatic carbocycles. The predicted molar refractivity (Wildman–Crippen MR) is 49.8 cm³/mol. The van der Waals surface area contributed by atoms with Crippen molar-refractivity contribution in [2.24, 2.45) is 0 Å². The highest BCUT2D eigenvalue weighted by Crippen LogP contribution is 2.06. The molecule has 90 valence electrons. The first-order valence-corrected chi connectivity index (χ1v) is 4.37. The van der Waals surface area contributed by atoms with Crippen LogP contribution in [0.1, 0.15) is 0 Å². The molecule has 0 unspecified atom stereocenters. The Morgan fingerprint density at radius 3 is 1.93 bits per heavy atom. The van der Waals surface area contributed by atoms with Crippen LogP contribution in [0.15, 0.2) is 0 Å². The lowest BCUT2D eigenvalue weighted by Gasteiger charge is -2.26. The molecule has 0 radical (unpaired) electrons. The standard InChI is InChI=1S/C8H17NO6/c1-9(2)8(15)7(14)6(13)5(12)4(11)3-10/h4-7,10-14H,3H2,1-2H3/t4-,5+,6-,7+/m1/s1. The van der Waals surface area contributed by atoms with E-state index in [0.717, 1.165) is 4.90 Å². The molecule has 0 saturated heterocycles. The molecule has 0 aromatic heterocycles. The second-order valence-electron chi connectivity index (χ2n) is 3.41. The third kappa shape index (κ3) is 3.73. The van der Waals surface area contributed by atoms with Gasteiger partial charge in [-0.15, -0.1) is 0 Å². The van der Waals surface area contributed by atoms with Crippen LogP contribution in [-0.4, -0.2) is 81.5 Å². The van der Waals surface area contributed by atoms with E-state index >= 15 is 0 Å². The van der Waals surface area contributed by atoms with Gasteiger partial charge in [-0.1, -0.05) is 0 Å². The summed E-state index contributed by atoms with van der Waals surface area (Å²) < 4.78 is 0. The van der Waals surface area contributed by atoms with Gasteiger partial charge in [0, 0.05) is 14.1 Å². The SMILES string of the molecule is CN(C)C(=O)[C@@H](O)[C@H](O)[C@@H](O)[C@H](O)CO. The summed E-state index contributed by atoms with van der Waals surface area (Å²) in [6.07, 6.45) is -7.07. The Hall–Kier alpha value is -0.730. The van der Waals surface area contributed by atoms with Crippen molar-refractivity contribution in [2.75, 3.05) is 20.7 Å². The average molecular weight is 223 g/mol. The zero-order valence-electron chi connectivity index (χ0n) is 8.61. The van der Waals surface area contributed by atoms with Crippen molar-refractivity contribution in [3.05, 3.63) is 0 Å². The lowest BCUT2D eigenvalue weighted by Crippen LogP contribution is -2.51. The lowest BCUT2D eigenvalue weighted by molar-refractivity contribution is -0.156. The second kappa shape index (κ2) is 5.99. The largest absolute Gasteiger partial charge is 0.394 e. The molecule has 0 rings (SSSR count). The van der Waals surface area contributed by atoms with E-state index in [4.69, 9.17) is 10.2 Å². The van der Waals surface area contributed by atoms with E-state index in [1.54, 1.807) is 0 Å². The van der Waals surface area contributed by atoms with E-state index in [0.29, 0.717) is 0 Å².